The summed E-state index contributed by atoms with van der Waals surface area (Å²) in [6.45, 7) is 3.13. The number of fused-ring (bicyclic) bond motifs is 1. The van der Waals surface area contributed by atoms with Crippen molar-refractivity contribution in [2.24, 2.45) is 0 Å². The molecule has 1 N–H and O–H groups in total. The summed E-state index contributed by atoms with van der Waals surface area (Å²) >= 11 is 6.50. The second-order valence-corrected chi connectivity index (χ2v) is 6.39. The molecule has 106 valence electrons. The molecule has 3 heterocycles. The lowest BCUT2D eigenvalue weighted by Gasteiger charge is -2.21. The van der Waals surface area contributed by atoms with Crippen molar-refractivity contribution < 1.29 is 0 Å². The predicted molar refractivity (Wildman–Crippen MR) is 79.3 cm³/mol. The third-order valence-electron chi connectivity index (χ3n) is 4.46. The average Bonchev–Trinajstić information content (AvgIpc) is 3.23. The molecule has 1 aliphatic carbocycles. The van der Waals surface area contributed by atoms with Gasteiger partial charge in [0.1, 0.15) is 5.15 Å². The molecule has 5 heteroatoms. The number of nitrogens with zero attached hydrogens (tertiary/aromatic N) is 3. The Morgan fingerprint density at radius 2 is 2.15 bits per heavy atom. The molecule has 1 aliphatic heterocycles. The van der Waals surface area contributed by atoms with Crippen LogP contribution in [0.1, 0.15) is 61.0 Å². The molecule has 2 fully saturated rings. The first-order valence-corrected chi connectivity index (χ1v) is 7.91. The number of aromatic nitrogens is 3. The summed E-state index contributed by atoms with van der Waals surface area (Å²) in [5, 5.41) is 8.93. The van der Waals surface area contributed by atoms with E-state index < -0.39 is 0 Å². The van der Waals surface area contributed by atoms with Crippen LogP contribution in [0.5, 0.6) is 0 Å². The molecular formula is C15H19ClN4. The molecule has 4 nitrogen and oxygen atoms in total. The van der Waals surface area contributed by atoms with E-state index >= 15 is 0 Å². The maximum Gasteiger partial charge on any atom is 0.157 e. The van der Waals surface area contributed by atoms with E-state index in [-0.39, 0.29) is 0 Å². The first-order chi connectivity index (χ1) is 9.74. The minimum Gasteiger partial charge on any atom is -0.309 e. The highest BCUT2D eigenvalue weighted by Gasteiger charge is 2.29. The van der Waals surface area contributed by atoms with Crippen molar-refractivity contribution in [2.45, 2.75) is 51.0 Å². The second kappa shape index (κ2) is 4.71. The fourth-order valence-corrected chi connectivity index (χ4v) is 3.33. The van der Waals surface area contributed by atoms with Crippen LogP contribution in [0.4, 0.5) is 0 Å². The van der Waals surface area contributed by atoms with Gasteiger partial charge in [-0.3, -0.25) is 0 Å². The average molecular weight is 291 g/mol. The van der Waals surface area contributed by atoms with Crippen molar-refractivity contribution in [2.75, 3.05) is 6.54 Å². The maximum atomic E-state index is 6.50. The van der Waals surface area contributed by atoms with Crippen molar-refractivity contribution in [3.63, 3.8) is 0 Å². The molecule has 1 saturated heterocycles. The van der Waals surface area contributed by atoms with Crippen LogP contribution in [-0.2, 0) is 0 Å². The number of piperidine rings is 1. The van der Waals surface area contributed by atoms with Crippen molar-refractivity contribution in [3.8, 4) is 0 Å². The minimum absolute atomic E-state index is 0.353. The van der Waals surface area contributed by atoms with Gasteiger partial charge >= 0.3 is 0 Å². The lowest BCUT2D eigenvalue weighted by atomic mass is 10.0. The predicted octanol–water partition coefficient (Wildman–Crippen LogP) is 3.38. The lowest BCUT2D eigenvalue weighted by Crippen LogP contribution is -2.27. The Morgan fingerprint density at radius 3 is 2.85 bits per heavy atom. The van der Waals surface area contributed by atoms with Crippen molar-refractivity contribution in [1.29, 1.82) is 0 Å². The molecule has 0 spiro atoms. The molecule has 0 bridgehead atoms. The van der Waals surface area contributed by atoms with Crippen LogP contribution in [0.3, 0.4) is 0 Å². The Kier molecular flexibility index (Phi) is 2.97. The monoisotopic (exact) mass is 290 g/mol. The molecule has 20 heavy (non-hydrogen) atoms. The summed E-state index contributed by atoms with van der Waals surface area (Å²) in [5.74, 6) is 0.614. The van der Waals surface area contributed by atoms with Crippen molar-refractivity contribution in [1.82, 2.24) is 19.9 Å². The number of nitrogens with one attached hydrogen (secondary N) is 1. The van der Waals surface area contributed by atoms with Gasteiger partial charge in [-0.25, -0.2) is 9.50 Å². The Hall–Kier alpha value is -1.13. The van der Waals surface area contributed by atoms with E-state index in [1.54, 1.807) is 4.52 Å². The molecule has 2 aromatic heterocycles. The highest BCUT2D eigenvalue weighted by Crippen LogP contribution is 2.42. The number of rotatable bonds is 2. The van der Waals surface area contributed by atoms with E-state index in [9.17, 15) is 0 Å². The maximum absolute atomic E-state index is 6.50. The van der Waals surface area contributed by atoms with Crippen LogP contribution < -0.4 is 5.32 Å². The highest BCUT2D eigenvalue weighted by atomic mass is 35.5. The van der Waals surface area contributed by atoms with E-state index in [1.165, 1.54) is 31.4 Å². The number of halogens is 1. The Morgan fingerprint density at radius 1 is 1.30 bits per heavy atom. The van der Waals surface area contributed by atoms with E-state index in [2.05, 4.69) is 23.4 Å². The molecule has 1 unspecified atom stereocenters. The molecule has 0 radical (unpaired) electrons. The van der Waals surface area contributed by atoms with E-state index in [0.29, 0.717) is 12.0 Å². The summed E-state index contributed by atoms with van der Waals surface area (Å²) in [6.07, 6.45) is 6.15. The molecule has 0 amide bonds. The van der Waals surface area contributed by atoms with Crippen LogP contribution >= 0.6 is 11.6 Å². The molecule has 2 aliphatic rings. The Balaban J connectivity index is 1.79. The molecule has 0 aromatic carbocycles. The van der Waals surface area contributed by atoms with Gasteiger partial charge in [0.2, 0.25) is 0 Å². The Bertz CT molecular complexity index is 653. The standard InChI is InChI=1S/C15H19ClN4/c1-9-14(10-5-6-10)18-13-8-12(19-20(13)15(9)16)11-4-2-3-7-17-11/h8,10-11,17H,2-7H2,1H3. The number of hydrogen-bond donors (Lipinski definition) is 1. The normalized spacial score (nSPS) is 23.4. The van der Waals surface area contributed by atoms with Gasteiger partial charge in [-0.05, 0) is 39.2 Å². The zero-order valence-corrected chi connectivity index (χ0v) is 12.5. The summed E-state index contributed by atoms with van der Waals surface area (Å²) < 4.78 is 1.80. The summed E-state index contributed by atoms with van der Waals surface area (Å²) in [6, 6.07) is 2.45. The SMILES string of the molecule is Cc1c(C2CC2)nc2cc(C3CCCCN3)nn2c1Cl. The lowest BCUT2D eigenvalue weighted by molar-refractivity contribution is 0.404. The minimum atomic E-state index is 0.353. The van der Waals surface area contributed by atoms with E-state index in [4.69, 9.17) is 16.6 Å². The molecular weight excluding hydrogens is 272 g/mol. The first kappa shape index (κ1) is 12.6. The third kappa shape index (κ3) is 2.02. The van der Waals surface area contributed by atoms with Gasteiger partial charge in [0, 0.05) is 17.5 Å². The summed E-state index contributed by atoms with van der Waals surface area (Å²) in [5.41, 5.74) is 4.23. The summed E-state index contributed by atoms with van der Waals surface area (Å²) in [7, 11) is 0. The quantitative estimate of drug-likeness (QED) is 0.862. The van der Waals surface area contributed by atoms with Gasteiger partial charge in [0.15, 0.2) is 5.65 Å². The third-order valence-corrected chi connectivity index (χ3v) is 4.90. The van der Waals surface area contributed by atoms with Gasteiger partial charge in [0.25, 0.3) is 0 Å². The van der Waals surface area contributed by atoms with Crippen LogP contribution in [0.2, 0.25) is 5.15 Å². The zero-order valence-electron chi connectivity index (χ0n) is 11.7. The van der Waals surface area contributed by atoms with Crippen LogP contribution in [0.15, 0.2) is 6.07 Å². The zero-order chi connectivity index (χ0) is 13.7. The van der Waals surface area contributed by atoms with Gasteiger partial charge < -0.3 is 5.32 Å². The number of hydrogen-bond acceptors (Lipinski definition) is 3. The van der Waals surface area contributed by atoms with Crippen LogP contribution in [0, 0.1) is 6.92 Å². The van der Waals surface area contributed by atoms with Crippen molar-refractivity contribution in [3.05, 3.63) is 28.2 Å². The molecule has 2 aromatic rings. The summed E-state index contributed by atoms with van der Waals surface area (Å²) in [4.78, 5) is 4.80. The van der Waals surface area contributed by atoms with Crippen LogP contribution in [0.25, 0.3) is 5.65 Å². The molecule has 1 atom stereocenters. The fraction of sp³-hybridized carbons (Fsp3) is 0.600. The van der Waals surface area contributed by atoms with Gasteiger partial charge in [-0.2, -0.15) is 5.10 Å². The fourth-order valence-electron chi connectivity index (χ4n) is 3.11. The van der Waals surface area contributed by atoms with Crippen LogP contribution in [-0.4, -0.2) is 21.1 Å². The smallest absolute Gasteiger partial charge is 0.157 e. The van der Waals surface area contributed by atoms with E-state index in [1.807, 2.05) is 0 Å². The topological polar surface area (TPSA) is 42.2 Å². The molecule has 1 saturated carbocycles. The van der Waals surface area contributed by atoms with Gasteiger partial charge in [0.05, 0.1) is 17.4 Å². The Labute approximate surface area is 123 Å². The largest absolute Gasteiger partial charge is 0.309 e. The highest BCUT2D eigenvalue weighted by molar-refractivity contribution is 6.30. The van der Waals surface area contributed by atoms with E-state index in [0.717, 1.165) is 35.0 Å². The van der Waals surface area contributed by atoms with Gasteiger partial charge in [-0.1, -0.05) is 18.0 Å². The second-order valence-electron chi connectivity index (χ2n) is 6.03. The molecule has 4 rings (SSSR count). The van der Waals surface area contributed by atoms with Crippen molar-refractivity contribution >= 4 is 17.2 Å². The first-order valence-electron chi connectivity index (χ1n) is 7.53. The van der Waals surface area contributed by atoms with Gasteiger partial charge in [-0.15, -0.1) is 0 Å².